The molecule has 21 heteroatoms. The Morgan fingerprint density at radius 3 is 1.26 bits per heavy atom. The highest BCUT2D eigenvalue weighted by atomic mass is 79.9. The zero-order valence-corrected chi connectivity index (χ0v) is 38.5. The number of ether oxygens (including phenoxy) is 6. The largest absolute Gasteiger partial charge is 0.443 e. The highest BCUT2D eigenvalue weighted by Crippen LogP contribution is 2.36. The molecule has 2 aromatic carbocycles. The van der Waals surface area contributed by atoms with Crippen LogP contribution in [0.1, 0.15) is 83.1 Å². The molecular weight excluding hydrogens is 868 g/mol. The highest BCUT2D eigenvalue weighted by Gasteiger charge is 2.38. The van der Waals surface area contributed by atoms with Crippen molar-refractivity contribution in [3.05, 3.63) is 61.1 Å². The van der Waals surface area contributed by atoms with Crippen molar-refractivity contribution in [2.45, 2.75) is 105 Å². The number of imide groups is 2. The first-order valence-corrected chi connectivity index (χ1v) is 20.1. The predicted molar refractivity (Wildman–Crippen MR) is 231 cm³/mol. The number of hydrogen-bond acceptors (Lipinski definition) is 16. The molecule has 61 heavy (non-hydrogen) atoms. The Kier molecular flexibility index (Phi) is 18.9. The first kappa shape index (κ1) is 52.0. The molecule has 0 bridgehead atoms. The van der Waals surface area contributed by atoms with Gasteiger partial charge in [-0.3, -0.25) is 20.2 Å². The second-order valence-corrected chi connectivity index (χ2v) is 18.3. The van der Waals surface area contributed by atoms with Crippen LogP contribution >= 0.6 is 15.9 Å². The van der Waals surface area contributed by atoms with Crippen LogP contribution in [0.3, 0.4) is 0 Å². The lowest BCUT2D eigenvalue weighted by molar-refractivity contribution is -0.384. The molecule has 0 saturated carbocycles. The number of carbonyl (C=O) groups excluding carboxylic acids is 4. The van der Waals surface area contributed by atoms with Gasteiger partial charge >= 0.3 is 24.4 Å². The lowest BCUT2D eigenvalue weighted by atomic mass is 10.2. The third-order valence-electron chi connectivity index (χ3n) is 7.30. The standard InChI is InChI=1S/C20H29N3O7.C16H21BrN2O6.C4H9NO/c1-19(2,3)29-17(24)22(18(25)30-20(4,5)6)15-8-7-14(13-16(15)23(26)27)21-9-11-28-12-10-21;1-15(2,3)24-13(20)18(14(21)25-16(4,5)6)11-8-7-10(17)9-12(11)19(22)23;1-3-6-4-2-5-1/h7-8,13H,9-12H2,1-6H3;7-9H,1-6H3;5H,1-4H2. The van der Waals surface area contributed by atoms with E-state index in [4.69, 9.17) is 28.4 Å². The topological polar surface area (TPSA) is 232 Å². The van der Waals surface area contributed by atoms with E-state index in [9.17, 15) is 39.4 Å². The molecule has 0 spiro atoms. The van der Waals surface area contributed by atoms with E-state index in [2.05, 4.69) is 21.2 Å². The molecule has 2 saturated heterocycles. The molecule has 2 aliphatic heterocycles. The summed E-state index contributed by atoms with van der Waals surface area (Å²) in [5.74, 6) is 0. The summed E-state index contributed by atoms with van der Waals surface area (Å²) in [5, 5.41) is 26.3. The summed E-state index contributed by atoms with van der Waals surface area (Å²) >= 11 is 3.13. The summed E-state index contributed by atoms with van der Waals surface area (Å²) in [6, 6.07) is 8.26. The van der Waals surface area contributed by atoms with Gasteiger partial charge in [-0.2, -0.15) is 9.80 Å². The van der Waals surface area contributed by atoms with E-state index in [0.29, 0.717) is 46.3 Å². The fourth-order valence-corrected chi connectivity index (χ4v) is 5.33. The van der Waals surface area contributed by atoms with Gasteiger partial charge in [0.1, 0.15) is 33.8 Å². The van der Waals surface area contributed by atoms with Crippen molar-refractivity contribution in [2.24, 2.45) is 0 Å². The van der Waals surface area contributed by atoms with E-state index in [-0.39, 0.29) is 11.4 Å². The van der Waals surface area contributed by atoms with Gasteiger partial charge in [-0.1, -0.05) is 15.9 Å². The molecule has 2 aliphatic rings. The second-order valence-electron chi connectivity index (χ2n) is 17.4. The van der Waals surface area contributed by atoms with Crippen LogP contribution < -0.4 is 20.0 Å². The monoisotopic (exact) mass is 926 g/mol. The summed E-state index contributed by atoms with van der Waals surface area (Å²) in [6.45, 7) is 25.5. The number of hydrogen-bond donors (Lipinski definition) is 1. The Morgan fingerprint density at radius 2 is 0.951 bits per heavy atom. The van der Waals surface area contributed by atoms with Crippen molar-refractivity contribution in [1.29, 1.82) is 0 Å². The predicted octanol–water partition coefficient (Wildman–Crippen LogP) is 8.75. The summed E-state index contributed by atoms with van der Waals surface area (Å²) in [6.07, 6.45) is -4.24. The molecule has 4 rings (SSSR count). The molecule has 0 radical (unpaired) electrons. The first-order chi connectivity index (χ1) is 28.0. The van der Waals surface area contributed by atoms with Crippen molar-refractivity contribution in [3.8, 4) is 0 Å². The lowest BCUT2D eigenvalue weighted by Gasteiger charge is -2.30. The van der Waals surface area contributed by atoms with Gasteiger partial charge in [0, 0.05) is 48.5 Å². The Bertz CT molecular complexity index is 1790. The zero-order valence-electron chi connectivity index (χ0n) is 37.0. The maximum absolute atomic E-state index is 12.8. The molecule has 2 fully saturated rings. The zero-order chi connectivity index (χ0) is 46.5. The fourth-order valence-electron chi connectivity index (χ4n) is 4.99. The molecule has 20 nitrogen and oxygen atoms in total. The van der Waals surface area contributed by atoms with Gasteiger partial charge in [0.2, 0.25) is 0 Å². The summed E-state index contributed by atoms with van der Waals surface area (Å²) in [7, 11) is 0. The lowest BCUT2D eigenvalue weighted by Crippen LogP contribution is -2.44. The Morgan fingerprint density at radius 1 is 0.607 bits per heavy atom. The van der Waals surface area contributed by atoms with Crippen molar-refractivity contribution >= 4 is 68.7 Å². The molecule has 2 aromatic rings. The highest BCUT2D eigenvalue weighted by molar-refractivity contribution is 9.10. The second kappa shape index (κ2) is 22.1. The number of morpholine rings is 2. The Labute approximate surface area is 364 Å². The molecule has 4 amide bonds. The Balaban J connectivity index is 0.000000373. The van der Waals surface area contributed by atoms with Crippen LogP contribution in [0, 0.1) is 20.2 Å². The summed E-state index contributed by atoms with van der Waals surface area (Å²) in [5.41, 5.74) is -4.34. The van der Waals surface area contributed by atoms with E-state index < -0.39 is 68.0 Å². The minimum Gasteiger partial charge on any atom is -0.443 e. The summed E-state index contributed by atoms with van der Waals surface area (Å²) < 4.78 is 31.8. The van der Waals surface area contributed by atoms with E-state index in [1.54, 1.807) is 89.2 Å². The van der Waals surface area contributed by atoms with E-state index >= 15 is 0 Å². The van der Waals surface area contributed by atoms with Gasteiger partial charge in [0.15, 0.2) is 0 Å². The Hall–Kier alpha value is -5.12. The molecule has 0 aromatic heterocycles. The molecular formula is C40H59BrN6O14. The van der Waals surface area contributed by atoms with E-state index in [1.165, 1.54) is 30.3 Å². The number of benzene rings is 2. The van der Waals surface area contributed by atoms with E-state index in [0.717, 1.165) is 26.3 Å². The van der Waals surface area contributed by atoms with Crippen LogP contribution in [0.2, 0.25) is 0 Å². The van der Waals surface area contributed by atoms with Gasteiger partial charge < -0.3 is 38.6 Å². The van der Waals surface area contributed by atoms with Crippen LogP contribution in [-0.4, -0.2) is 109 Å². The molecule has 0 atom stereocenters. The van der Waals surface area contributed by atoms with Crippen molar-refractivity contribution < 1.29 is 57.4 Å². The SMILES string of the molecule is C1COCCN1.CC(C)(C)OC(=O)N(C(=O)OC(C)(C)C)c1ccc(Br)cc1[N+](=O)[O-].CC(C)(C)OC(=O)N(C(=O)OC(C)(C)C)c1ccc(N2CCOCC2)cc1[N+](=O)[O-]. The van der Waals surface area contributed by atoms with Gasteiger partial charge in [0.05, 0.1) is 36.3 Å². The van der Waals surface area contributed by atoms with Gasteiger partial charge in [0.25, 0.3) is 11.4 Å². The van der Waals surface area contributed by atoms with Crippen molar-refractivity contribution in [1.82, 2.24) is 5.32 Å². The van der Waals surface area contributed by atoms with Crippen LogP contribution in [0.15, 0.2) is 40.9 Å². The van der Waals surface area contributed by atoms with Crippen LogP contribution in [0.25, 0.3) is 0 Å². The number of rotatable bonds is 5. The number of amides is 4. The molecule has 0 unspecified atom stereocenters. The van der Waals surface area contributed by atoms with Gasteiger partial charge in [-0.25, -0.2) is 19.2 Å². The first-order valence-electron chi connectivity index (χ1n) is 19.4. The average Bonchev–Trinajstić information content (AvgIpc) is 3.11. The third-order valence-corrected chi connectivity index (χ3v) is 7.79. The van der Waals surface area contributed by atoms with Crippen LogP contribution in [0.4, 0.5) is 47.6 Å². The average molecular weight is 928 g/mol. The number of nitro groups is 2. The normalized spacial score (nSPS) is 14.4. The minimum atomic E-state index is -1.06. The van der Waals surface area contributed by atoms with Gasteiger partial charge in [-0.05, 0) is 107 Å². The summed E-state index contributed by atoms with van der Waals surface area (Å²) in [4.78, 5) is 75.5. The molecule has 1 N–H and O–H groups in total. The fraction of sp³-hybridized carbons (Fsp3) is 0.600. The van der Waals surface area contributed by atoms with Crippen molar-refractivity contribution in [3.63, 3.8) is 0 Å². The maximum Gasteiger partial charge on any atom is 0.424 e. The number of nitrogens with one attached hydrogen (secondary N) is 1. The molecule has 2 heterocycles. The number of nitrogens with zero attached hydrogens (tertiary/aromatic N) is 5. The maximum atomic E-state index is 12.8. The van der Waals surface area contributed by atoms with Crippen LogP contribution in [-0.2, 0) is 28.4 Å². The number of halogens is 1. The van der Waals surface area contributed by atoms with Gasteiger partial charge in [-0.15, -0.1) is 0 Å². The number of anilines is 3. The number of carbonyl (C=O) groups is 4. The molecule has 0 aliphatic carbocycles. The minimum absolute atomic E-state index is 0.222. The third kappa shape index (κ3) is 18.6. The number of nitro benzene ring substituents is 2. The van der Waals surface area contributed by atoms with E-state index in [1.807, 2.05) is 4.90 Å². The van der Waals surface area contributed by atoms with Crippen molar-refractivity contribution in [2.75, 3.05) is 67.3 Å². The smallest absolute Gasteiger partial charge is 0.424 e. The quantitative estimate of drug-likeness (QED) is 0.168. The van der Waals surface area contributed by atoms with Crippen LogP contribution in [0.5, 0.6) is 0 Å². The molecule has 340 valence electrons.